The molecule has 0 atom stereocenters. The minimum Gasteiger partial charge on any atom is -0.409 e. The predicted molar refractivity (Wildman–Crippen MR) is 88.8 cm³/mol. The van der Waals surface area contributed by atoms with Gasteiger partial charge in [-0.3, -0.25) is 4.79 Å². The molecule has 0 aliphatic heterocycles. The van der Waals surface area contributed by atoms with Crippen LogP contribution in [0.4, 0.5) is 4.39 Å². The zero-order chi connectivity index (χ0) is 16.5. The lowest BCUT2D eigenvalue weighted by Gasteiger charge is -1.97. The van der Waals surface area contributed by atoms with Gasteiger partial charge in [0.25, 0.3) is 6.47 Å². The summed E-state index contributed by atoms with van der Waals surface area (Å²) < 4.78 is 20.0. The summed E-state index contributed by atoms with van der Waals surface area (Å²) in [5.41, 5.74) is 2.26. The molecule has 0 radical (unpaired) electrons. The van der Waals surface area contributed by atoms with Crippen LogP contribution in [0.25, 0.3) is 27.3 Å². The highest BCUT2D eigenvalue weighted by atomic mass is 32.1. The van der Waals surface area contributed by atoms with E-state index in [1.54, 1.807) is 16.1 Å². The van der Waals surface area contributed by atoms with Gasteiger partial charge in [-0.1, -0.05) is 41.7 Å². The van der Waals surface area contributed by atoms with E-state index in [2.05, 4.69) is 10.1 Å². The van der Waals surface area contributed by atoms with E-state index < -0.39 is 0 Å². The van der Waals surface area contributed by atoms with Crippen LogP contribution in [0, 0.1) is 5.82 Å². The summed E-state index contributed by atoms with van der Waals surface area (Å²) in [5.74, 6) is -0.171. The summed E-state index contributed by atoms with van der Waals surface area (Å²) in [4.78, 5) is 14.6. The molecule has 2 aromatic carbocycles. The van der Waals surface area contributed by atoms with E-state index in [4.69, 9.17) is 4.74 Å². The summed E-state index contributed by atoms with van der Waals surface area (Å²) in [6.45, 7) is 0.315. The number of hydrogen-bond acceptors (Lipinski definition) is 5. The van der Waals surface area contributed by atoms with Gasteiger partial charge in [-0.15, -0.1) is 0 Å². The molecule has 0 amide bonds. The minimum atomic E-state index is -0.357. The van der Waals surface area contributed by atoms with Gasteiger partial charge in [0.2, 0.25) is 11.0 Å². The lowest BCUT2D eigenvalue weighted by atomic mass is 10.1. The van der Waals surface area contributed by atoms with Crippen molar-refractivity contribution >= 4 is 28.7 Å². The van der Waals surface area contributed by atoms with Gasteiger partial charge in [-0.05, 0) is 12.1 Å². The van der Waals surface area contributed by atoms with E-state index in [0.717, 1.165) is 16.6 Å². The van der Waals surface area contributed by atoms with Gasteiger partial charge in [0.1, 0.15) is 11.5 Å². The number of carbonyl (C=O) groups is 1. The smallest absolute Gasteiger partial charge is 0.299 e. The van der Waals surface area contributed by atoms with Gasteiger partial charge < -0.3 is 4.74 Å². The Bertz CT molecular complexity index is 1030. The Kier molecular flexibility index (Phi) is 3.55. The quantitative estimate of drug-likeness (QED) is 0.530. The summed E-state index contributed by atoms with van der Waals surface area (Å²) in [6, 6.07) is 14.2. The Morgan fingerprint density at radius 2 is 2.00 bits per heavy atom. The van der Waals surface area contributed by atoms with Gasteiger partial charge in [0.15, 0.2) is 0 Å². The van der Waals surface area contributed by atoms with Gasteiger partial charge >= 0.3 is 0 Å². The van der Waals surface area contributed by atoms with Gasteiger partial charge in [-0.2, -0.15) is 10.1 Å². The van der Waals surface area contributed by atoms with Crippen molar-refractivity contribution in [1.82, 2.24) is 14.8 Å². The molecule has 7 heteroatoms. The minimum absolute atomic E-state index is 0.186. The fourth-order valence-electron chi connectivity index (χ4n) is 2.49. The van der Waals surface area contributed by atoms with Crippen LogP contribution in [-0.4, -0.2) is 21.2 Å². The number of hydrogen-bond donors (Lipinski definition) is 0. The van der Waals surface area contributed by atoms with Crippen molar-refractivity contribution in [1.29, 1.82) is 0 Å². The molecule has 2 aromatic heterocycles. The maximum absolute atomic E-state index is 13.7. The second kappa shape index (κ2) is 5.86. The number of halogens is 1. The van der Waals surface area contributed by atoms with E-state index in [0.29, 0.717) is 17.1 Å². The van der Waals surface area contributed by atoms with Gasteiger partial charge in [0.05, 0.1) is 10.9 Å². The van der Waals surface area contributed by atoms with Crippen molar-refractivity contribution in [2.45, 2.75) is 0 Å². The monoisotopic (exact) mass is 339 g/mol. The summed E-state index contributed by atoms with van der Waals surface area (Å²) in [7, 11) is 0. The number of nitrogens with zero attached hydrogens (tertiary/aromatic N) is 3. The average molecular weight is 339 g/mol. The van der Waals surface area contributed by atoms with Crippen LogP contribution >= 0.6 is 11.3 Å². The van der Waals surface area contributed by atoms with Gasteiger partial charge in [0, 0.05) is 17.0 Å². The van der Waals surface area contributed by atoms with E-state index >= 15 is 0 Å². The molecule has 0 fully saturated rings. The molecule has 0 aliphatic rings. The number of aromatic nitrogens is 3. The third-order valence-corrected chi connectivity index (χ3v) is 4.31. The maximum atomic E-state index is 13.7. The fraction of sp³-hybridized carbons (Fsp3) is 0. The summed E-state index contributed by atoms with van der Waals surface area (Å²) in [6.07, 6.45) is 0. The average Bonchev–Trinajstić information content (AvgIpc) is 3.20. The molecule has 2 heterocycles. The van der Waals surface area contributed by atoms with Crippen LogP contribution < -0.4 is 4.74 Å². The highest BCUT2D eigenvalue weighted by Gasteiger charge is 2.16. The van der Waals surface area contributed by atoms with Crippen molar-refractivity contribution in [2.75, 3.05) is 0 Å². The molecular formula is C17H10FN3O2S. The van der Waals surface area contributed by atoms with Crippen LogP contribution in [0.3, 0.4) is 0 Å². The molecule has 0 spiro atoms. The normalized spacial score (nSPS) is 10.9. The zero-order valence-electron chi connectivity index (χ0n) is 12.2. The van der Waals surface area contributed by atoms with Gasteiger partial charge in [-0.25, -0.2) is 9.07 Å². The van der Waals surface area contributed by atoms with E-state index in [-0.39, 0.29) is 11.7 Å². The Morgan fingerprint density at radius 1 is 1.17 bits per heavy atom. The molecule has 4 aromatic rings. The van der Waals surface area contributed by atoms with Crippen molar-refractivity contribution in [2.24, 2.45) is 0 Å². The Morgan fingerprint density at radius 3 is 2.79 bits per heavy atom. The predicted octanol–water partition coefficient (Wildman–Crippen LogP) is 3.82. The molecule has 0 N–H and O–H groups in total. The molecule has 4 rings (SSSR count). The molecule has 0 bridgehead atoms. The van der Waals surface area contributed by atoms with Crippen LogP contribution in [0.1, 0.15) is 0 Å². The highest BCUT2D eigenvalue weighted by Crippen LogP contribution is 2.31. The first-order chi connectivity index (χ1) is 11.8. The van der Waals surface area contributed by atoms with E-state index in [1.807, 2.05) is 30.3 Å². The number of ether oxygens (including phenoxy) is 1. The third kappa shape index (κ3) is 2.44. The van der Waals surface area contributed by atoms with Crippen molar-refractivity contribution < 1.29 is 13.9 Å². The third-order valence-electron chi connectivity index (χ3n) is 3.51. The van der Waals surface area contributed by atoms with Crippen LogP contribution in [0.2, 0.25) is 0 Å². The Labute approximate surface area is 140 Å². The molecule has 0 saturated heterocycles. The first-order valence-corrected chi connectivity index (χ1v) is 7.94. The van der Waals surface area contributed by atoms with Crippen molar-refractivity contribution in [3.63, 3.8) is 0 Å². The number of fused-ring (bicyclic) bond motifs is 1. The van der Waals surface area contributed by atoms with Crippen LogP contribution in [-0.2, 0) is 4.79 Å². The molecule has 5 nitrogen and oxygen atoms in total. The highest BCUT2D eigenvalue weighted by molar-refractivity contribution is 7.12. The molecule has 24 heavy (non-hydrogen) atoms. The summed E-state index contributed by atoms with van der Waals surface area (Å²) >= 11 is 1.25. The molecule has 0 unspecified atom stereocenters. The van der Waals surface area contributed by atoms with Crippen LogP contribution in [0.5, 0.6) is 5.88 Å². The SMILES string of the molecule is O=COc1csc(-n2nc(-c3ccccc3)c3ccc(F)cc32)n1. The zero-order valence-corrected chi connectivity index (χ0v) is 13.0. The molecular weight excluding hydrogens is 329 g/mol. The largest absolute Gasteiger partial charge is 0.409 e. The second-order valence-electron chi connectivity index (χ2n) is 4.97. The lowest BCUT2D eigenvalue weighted by Crippen LogP contribution is -1.97. The Balaban J connectivity index is 1.94. The van der Waals surface area contributed by atoms with E-state index in [9.17, 15) is 9.18 Å². The molecule has 0 aliphatic carbocycles. The second-order valence-corrected chi connectivity index (χ2v) is 5.81. The van der Waals surface area contributed by atoms with E-state index in [1.165, 1.54) is 23.5 Å². The van der Waals surface area contributed by atoms with Crippen molar-refractivity contribution in [3.8, 4) is 22.3 Å². The number of thiazole rings is 1. The summed E-state index contributed by atoms with van der Waals surface area (Å²) in [5, 5.41) is 7.50. The standard InChI is InChI=1S/C17H10FN3O2S/c18-12-6-7-13-14(8-12)21(17-19-15(9-24-17)23-10-22)20-16(13)11-4-2-1-3-5-11/h1-10H. The molecule has 0 saturated carbocycles. The maximum Gasteiger partial charge on any atom is 0.299 e. The fourth-order valence-corrected chi connectivity index (χ4v) is 3.19. The first kappa shape index (κ1) is 14.5. The van der Waals surface area contributed by atoms with Crippen molar-refractivity contribution in [3.05, 3.63) is 59.7 Å². The first-order valence-electron chi connectivity index (χ1n) is 7.06. The van der Waals surface area contributed by atoms with Crippen LogP contribution in [0.15, 0.2) is 53.9 Å². The number of benzene rings is 2. The molecule has 118 valence electrons. The number of rotatable bonds is 4. The number of carbonyl (C=O) groups excluding carboxylic acids is 1. The topological polar surface area (TPSA) is 57.0 Å². The lowest BCUT2D eigenvalue weighted by molar-refractivity contribution is -0.120. The Hall–Kier alpha value is -3.06.